The molecule has 0 saturated heterocycles. The number of nitrogens with one attached hydrogen (secondary N) is 2. The summed E-state index contributed by atoms with van der Waals surface area (Å²) in [6, 6.07) is 6.32. The van der Waals surface area contributed by atoms with E-state index < -0.39 is 11.9 Å². The molecule has 24 heavy (non-hydrogen) atoms. The van der Waals surface area contributed by atoms with Crippen molar-refractivity contribution >= 4 is 34.2 Å². The molecule has 4 N–H and O–H groups in total. The molecule has 0 fully saturated rings. The highest BCUT2D eigenvalue weighted by atomic mass is 32.1. The van der Waals surface area contributed by atoms with E-state index in [0.717, 1.165) is 35.3 Å². The van der Waals surface area contributed by atoms with E-state index >= 15 is 0 Å². The number of urea groups is 1. The Bertz CT molecular complexity index is 842. The van der Waals surface area contributed by atoms with E-state index in [1.165, 1.54) is 11.3 Å². The Morgan fingerprint density at radius 2 is 1.88 bits per heavy atom. The SMILES string of the molecule is Cc1ccccc1C(=O)Nc1sc2c(c1C(=O)NC(N)=O)CCC2. The lowest BCUT2D eigenvalue weighted by atomic mass is 10.1. The lowest BCUT2D eigenvalue weighted by Crippen LogP contribution is -2.35. The van der Waals surface area contributed by atoms with E-state index in [1.54, 1.807) is 12.1 Å². The topological polar surface area (TPSA) is 101 Å². The first-order valence-corrected chi connectivity index (χ1v) is 8.41. The van der Waals surface area contributed by atoms with Crippen molar-refractivity contribution < 1.29 is 14.4 Å². The Morgan fingerprint density at radius 3 is 2.58 bits per heavy atom. The van der Waals surface area contributed by atoms with Gasteiger partial charge in [-0.3, -0.25) is 14.9 Å². The van der Waals surface area contributed by atoms with Crippen LogP contribution in [0.5, 0.6) is 0 Å². The van der Waals surface area contributed by atoms with Gasteiger partial charge < -0.3 is 11.1 Å². The normalized spacial score (nSPS) is 12.5. The van der Waals surface area contributed by atoms with Crippen molar-refractivity contribution in [2.45, 2.75) is 26.2 Å². The van der Waals surface area contributed by atoms with Gasteiger partial charge >= 0.3 is 6.03 Å². The quantitative estimate of drug-likeness (QED) is 0.798. The number of hydrogen-bond acceptors (Lipinski definition) is 4. The Kier molecular flexibility index (Phi) is 4.35. The van der Waals surface area contributed by atoms with Gasteiger partial charge in [-0.05, 0) is 43.4 Å². The van der Waals surface area contributed by atoms with Gasteiger partial charge in [-0.15, -0.1) is 11.3 Å². The van der Waals surface area contributed by atoms with Gasteiger partial charge in [0.05, 0.1) is 5.56 Å². The fraction of sp³-hybridized carbons (Fsp3) is 0.235. The summed E-state index contributed by atoms with van der Waals surface area (Å²) in [5.74, 6) is -0.844. The second-order valence-corrected chi connectivity index (χ2v) is 6.75. The number of anilines is 1. The summed E-state index contributed by atoms with van der Waals surface area (Å²) in [5.41, 5.74) is 7.71. The van der Waals surface area contributed by atoms with Crippen molar-refractivity contribution in [3.8, 4) is 0 Å². The van der Waals surface area contributed by atoms with Crippen molar-refractivity contribution in [2.75, 3.05) is 5.32 Å². The lowest BCUT2D eigenvalue weighted by molar-refractivity contribution is 0.0966. The van der Waals surface area contributed by atoms with Crippen molar-refractivity contribution in [2.24, 2.45) is 5.73 Å². The molecule has 4 amide bonds. The highest BCUT2D eigenvalue weighted by molar-refractivity contribution is 7.17. The molecular weight excluding hydrogens is 326 g/mol. The van der Waals surface area contributed by atoms with Crippen LogP contribution >= 0.6 is 11.3 Å². The molecule has 0 unspecified atom stereocenters. The van der Waals surface area contributed by atoms with Crippen LogP contribution in [0.25, 0.3) is 0 Å². The zero-order valence-electron chi connectivity index (χ0n) is 13.1. The smallest absolute Gasteiger partial charge is 0.319 e. The molecule has 7 heteroatoms. The summed E-state index contributed by atoms with van der Waals surface area (Å²) in [6.07, 6.45) is 2.59. The van der Waals surface area contributed by atoms with Crippen LogP contribution in [0.2, 0.25) is 0 Å². The first-order chi connectivity index (χ1) is 11.5. The summed E-state index contributed by atoms with van der Waals surface area (Å²) < 4.78 is 0. The summed E-state index contributed by atoms with van der Waals surface area (Å²) in [5, 5.41) is 5.38. The molecule has 1 aromatic carbocycles. The Labute approximate surface area is 143 Å². The number of hydrogen-bond donors (Lipinski definition) is 3. The van der Waals surface area contributed by atoms with Crippen molar-refractivity contribution in [1.82, 2.24) is 5.32 Å². The number of aryl methyl sites for hydroxylation is 2. The van der Waals surface area contributed by atoms with E-state index in [2.05, 4.69) is 10.6 Å². The summed E-state index contributed by atoms with van der Waals surface area (Å²) >= 11 is 1.39. The van der Waals surface area contributed by atoms with Gasteiger partial charge in [0.2, 0.25) is 0 Å². The number of imide groups is 1. The van der Waals surface area contributed by atoms with Crippen LogP contribution in [0.3, 0.4) is 0 Å². The largest absolute Gasteiger partial charge is 0.351 e. The number of carbonyl (C=O) groups is 3. The molecule has 1 aliphatic rings. The van der Waals surface area contributed by atoms with E-state index in [0.29, 0.717) is 16.1 Å². The minimum Gasteiger partial charge on any atom is -0.351 e. The van der Waals surface area contributed by atoms with E-state index in [-0.39, 0.29) is 5.91 Å². The minimum atomic E-state index is -0.908. The molecule has 1 aliphatic carbocycles. The van der Waals surface area contributed by atoms with Crippen LogP contribution in [0.15, 0.2) is 24.3 Å². The lowest BCUT2D eigenvalue weighted by Gasteiger charge is -2.09. The predicted molar refractivity (Wildman–Crippen MR) is 92.5 cm³/mol. The van der Waals surface area contributed by atoms with Gasteiger partial charge in [-0.1, -0.05) is 18.2 Å². The van der Waals surface area contributed by atoms with Crippen LogP contribution in [-0.2, 0) is 12.8 Å². The first kappa shape index (κ1) is 16.2. The Morgan fingerprint density at radius 1 is 1.12 bits per heavy atom. The molecule has 6 nitrogen and oxygen atoms in total. The average molecular weight is 343 g/mol. The summed E-state index contributed by atoms with van der Waals surface area (Å²) in [4.78, 5) is 36.9. The molecule has 1 heterocycles. The maximum Gasteiger partial charge on any atom is 0.319 e. The number of benzene rings is 1. The Balaban J connectivity index is 1.94. The Hall–Kier alpha value is -2.67. The number of thiophene rings is 1. The number of nitrogens with two attached hydrogens (primary N) is 1. The molecule has 0 aliphatic heterocycles. The van der Waals surface area contributed by atoms with Gasteiger partial charge in [0.25, 0.3) is 11.8 Å². The number of fused-ring (bicyclic) bond motifs is 1. The van der Waals surface area contributed by atoms with Crippen LogP contribution in [-0.4, -0.2) is 17.8 Å². The van der Waals surface area contributed by atoms with E-state index in [9.17, 15) is 14.4 Å². The van der Waals surface area contributed by atoms with E-state index in [4.69, 9.17) is 5.73 Å². The standard InChI is InChI=1S/C17H17N3O3S/c1-9-5-2-3-6-10(9)14(21)19-16-13(15(22)20-17(18)23)11-7-4-8-12(11)24-16/h2-3,5-6H,4,7-8H2,1H3,(H,19,21)(H3,18,20,22,23). The fourth-order valence-corrected chi connectivity index (χ4v) is 4.19. The van der Waals surface area contributed by atoms with Crippen LogP contribution in [0.1, 0.15) is 43.1 Å². The third-order valence-electron chi connectivity index (χ3n) is 4.00. The number of amides is 4. The van der Waals surface area contributed by atoms with Gasteiger partial charge in [0.1, 0.15) is 5.00 Å². The first-order valence-electron chi connectivity index (χ1n) is 7.59. The van der Waals surface area contributed by atoms with Crippen LogP contribution in [0, 0.1) is 6.92 Å². The molecule has 0 radical (unpaired) electrons. The predicted octanol–water partition coefficient (Wildman–Crippen LogP) is 2.61. The molecule has 0 bridgehead atoms. The zero-order valence-corrected chi connectivity index (χ0v) is 14.0. The van der Waals surface area contributed by atoms with Gasteiger partial charge in [0.15, 0.2) is 0 Å². The molecule has 0 atom stereocenters. The molecule has 124 valence electrons. The van der Waals surface area contributed by atoms with Crippen molar-refractivity contribution in [3.63, 3.8) is 0 Å². The van der Waals surface area contributed by atoms with Gasteiger partial charge in [-0.25, -0.2) is 4.79 Å². The van der Waals surface area contributed by atoms with Crippen LogP contribution < -0.4 is 16.4 Å². The van der Waals surface area contributed by atoms with Crippen molar-refractivity contribution in [1.29, 1.82) is 0 Å². The van der Waals surface area contributed by atoms with Crippen molar-refractivity contribution in [3.05, 3.63) is 51.4 Å². The number of primary amides is 1. The number of rotatable bonds is 3. The minimum absolute atomic E-state index is 0.277. The number of carbonyl (C=O) groups excluding carboxylic acids is 3. The molecule has 0 spiro atoms. The molecule has 2 aromatic rings. The molecular formula is C17H17N3O3S. The monoisotopic (exact) mass is 343 g/mol. The third kappa shape index (κ3) is 3.03. The zero-order chi connectivity index (χ0) is 17.3. The molecule has 3 rings (SSSR count). The maximum absolute atomic E-state index is 12.5. The molecule has 0 saturated carbocycles. The second kappa shape index (κ2) is 6.45. The summed E-state index contributed by atoms with van der Waals surface area (Å²) in [7, 11) is 0. The van der Waals surface area contributed by atoms with Gasteiger partial charge in [-0.2, -0.15) is 0 Å². The fourth-order valence-electron chi connectivity index (χ4n) is 2.91. The average Bonchev–Trinajstić information content (AvgIpc) is 3.06. The maximum atomic E-state index is 12.5. The summed E-state index contributed by atoms with van der Waals surface area (Å²) in [6.45, 7) is 1.85. The third-order valence-corrected chi connectivity index (χ3v) is 5.21. The second-order valence-electron chi connectivity index (χ2n) is 5.65. The van der Waals surface area contributed by atoms with Crippen LogP contribution in [0.4, 0.5) is 9.80 Å². The highest BCUT2D eigenvalue weighted by Crippen LogP contribution is 2.39. The van der Waals surface area contributed by atoms with Gasteiger partial charge in [0, 0.05) is 10.4 Å². The molecule has 1 aromatic heterocycles. The van der Waals surface area contributed by atoms with E-state index in [1.807, 2.05) is 19.1 Å². The highest BCUT2D eigenvalue weighted by Gasteiger charge is 2.28.